The number of aliphatic imine (C=N–C) groups is 1. The van der Waals surface area contributed by atoms with Crippen LogP contribution in [0, 0.1) is 16.7 Å². The van der Waals surface area contributed by atoms with E-state index in [1.165, 1.54) is 18.3 Å². The lowest BCUT2D eigenvalue weighted by molar-refractivity contribution is -0.154. The number of carboxylic acids is 1. The third-order valence-electron chi connectivity index (χ3n) is 5.78. The summed E-state index contributed by atoms with van der Waals surface area (Å²) in [7, 11) is 0. The van der Waals surface area contributed by atoms with Crippen LogP contribution in [-0.4, -0.2) is 51.5 Å². The molecular weight excluding hydrogens is 400 g/mol. The molecular formula is C22H20N4O5. The molecule has 1 fully saturated rings. The molecule has 9 nitrogen and oxygen atoms in total. The Bertz CT molecular complexity index is 1090. The highest BCUT2D eigenvalue weighted by atomic mass is 16.5. The number of aliphatic hydroxyl groups excluding tert-OH is 1. The molecule has 1 aromatic heterocycles. The van der Waals surface area contributed by atoms with E-state index in [4.69, 9.17) is 4.74 Å². The molecule has 1 amide bonds. The van der Waals surface area contributed by atoms with Gasteiger partial charge < -0.3 is 20.3 Å². The SMILES string of the molecule is N#CC1(Oc2cccnc2)C=CC2=C(O)C(C(=O)NCC3(C(=O)O)CCC3)=NCC2=C1. The molecule has 0 bridgehead atoms. The van der Waals surface area contributed by atoms with Crippen molar-refractivity contribution >= 4 is 17.6 Å². The molecule has 0 saturated heterocycles. The first-order valence-corrected chi connectivity index (χ1v) is 9.79. The average molecular weight is 420 g/mol. The number of rotatable bonds is 6. The number of nitrogens with zero attached hydrogens (tertiary/aromatic N) is 3. The van der Waals surface area contributed by atoms with Gasteiger partial charge in [0.25, 0.3) is 5.91 Å². The summed E-state index contributed by atoms with van der Waals surface area (Å²) in [6.45, 7) is 0.0498. The first-order chi connectivity index (χ1) is 14.9. The summed E-state index contributed by atoms with van der Waals surface area (Å²) in [6.07, 6.45) is 9.46. The number of aliphatic hydroxyl groups is 1. The van der Waals surface area contributed by atoms with Gasteiger partial charge in [-0.05, 0) is 48.8 Å². The molecule has 1 aromatic rings. The van der Waals surface area contributed by atoms with Crippen LogP contribution in [0.5, 0.6) is 5.75 Å². The van der Waals surface area contributed by atoms with Crippen LogP contribution in [-0.2, 0) is 9.59 Å². The maximum atomic E-state index is 12.6. The fourth-order valence-corrected chi connectivity index (χ4v) is 3.77. The molecule has 0 radical (unpaired) electrons. The molecule has 1 unspecified atom stereocenters. The van der Waals surface area contributed by atoms with Crippen LogP contribution in [0.2, 0.25) is 0 Å². The number of nitrogens with one attached hydrogen (secondary N) is 1. The van der Waals surface area contributed by atoms with Gasteiger partial charge >= 0.3 is 5.97 Å². The summed E-state index contributed by atoms with van der Waals surface area (Å²) in [5.74, 6) is -1.48. The van der Waals surface area contributed by atoms with Crippen LogP contribution in [0.3, 0.4) is 0 Å². The number of nitriles is 1. The molecule has 3 N–H and O–H groups in total. The number of hydrogen-bond acceptors (Lipinski definition) is 7. The van der Waals surface area contributed by atoms with Gasteiger partial charge in [-0.25, -0.2) is 0 Å². The Labute approximate surface area is 178 Å². The molecule has 158 valence electrons. The van der Waals surface area contributed by atoms with Crippen LogP contribution in [0.25, 0.3) is 0 Å². The maximum Gasteiger partial charge on any atom is 0.311 e. The van der Waals surface area contributed by atoms with Gasteiger partial charge in [-0.1, -0.05) is 6.42 Å². The van der Waals surface area contributed by atoms with Gasteiger partial charge in [0, 0.05) is 18.3 Å². The highest BCUT2D eigenvalue weighted by molar-refractivity contribution is 6.45. The average Bonchev–Trinajstić information content (AvgIpc) is 2.73. The van der Waals surface area contributed by atoms with Crippen LogP contribution in [0.1, 0.15) is 19.3 Å². The number of allylic oxidation sites excluding steroid dienone is 1. The molecule has 4 rings (SSSR count). The third kappa shape index (κ3) is 3.68. The van der Waals surface area contributed by atoms with Crippen molar-refractivity contribution in [3.05, 3.63) is 59.7 Å². The number of aliphatic carboxylic acids is 1. The number of fused-ring (bicyclic) bond motifs is 1. The van der Waals surface area contributed by atoms with Gasteiger partial charge in [-0.2, -0.15) is 5.26 Å². The van der Waals surface area contributed by atoms with Crippen molar-refractivity contribution in [3.63, 3.8) is 0 Å². The van der Waals surface area contributed by atoms with Crippen LogP contribution < -0.4 is 10.1 Å². The molecule has 0 spiro atoms. The predicted octanol–water partition coefficient (Wildman–Crippen LogP) is 1.86. The summed E-state index contributed by atoms with van der Waals surface area (Å²) in [6, 6.07) is 5.47. The van der Waals surface area contributed by atoms with E-state index in [1.807, 2.05) is 0 Å². The first kappa shape index (κ1) is 20.3. The molecule has 1 aliphatic heterocycles. The minimum absolute atomic E-state index is 0.0160. The van der Waals surface area contributed by atoms with Gasteiger partial charge in [0.15, 0.2) is 11.5 Å². The zero-order chi connectivity index (χ0) is 22.1. The number of dihydropyridines is 1. The van der Waals surface area contributed by atoms with Crippen molar-refractivity contribution in [2.75, 3.05) is 13.1 Å². The van der Waals surface area contributed by atoms with Gasteiger partial charge in [-0.15, -0.1) is 0 Å². The summed E-state index contributed by atoms with van der Waals surface area (Å²) in [5, 5.41) is 32.3. The summed E-state index contributed by atoms with van der Waals surface area (Å²) >= 11 is 0. The van der Waals surface area contributed by atoms with E-state index < -0.39 is 22.9 Å². The quantitative estimate of drug-likeness (QED) is 0.637. The van der Waals surface area contributed by atoms with Crippen LogP contribution in [0.15, 0.2) is 64.7 Å². The van der Waals surface area contributed by atoms with E-state index >= 15 is 0 Å². The number of carbonyl (C=O) groups is 2. The van der Waals surface area contributed by atoms with E-state index in [9.17, 15) is 25.1 Å². The normalized spacial score (nSPS) is 23.5. The van der Waals surface area contributed by atoms with Crippen molar-refractivity contribution in [1.29, 1.82) is 5.26 Å². The Morgan fingerprint density at radius 1 is 1.35 bits per heavy atom. The Kier molecular flexibility index (Phi) is 5.07. The molecule has 0 aromatic carbocycles. The van der Waals surface area contributed by atoms with Gasteiger partial charge in [0.1, 0.15) is 11.8 Å². The van der Waals surface area contributed by atoms with Gasteiger partial charge in [0.05, 0.1) is 18.2 Å². The summed E-state index contributed by atoms with van der Waals surface area (Å²) in [4.78, 5) is 32.1. The predicted molar refractivity (Wildman–Crippen MR) is 109 cm³/mol. The lowest BCUT2D eigenvalue weighted by Gasteiger charge is -2.37. The molecule has 2 heterocycles. The number of ether oxygens (including phenoxy) is 1. The Hall–Kier alpha value is -3.93. The lowest BCUT2D eigenvalue weighted by Crippen LogP contribution is -2.49. The lowest BCUT2D eigenvalue weighted by atomic mass is 9.69. The second-order valence-corrected chi connectivity index (χ2v) is 7.75. The number of aromatic nitrogens is 1. The minimum atomic E-state index is -1.39. The van der Waals surface area contributed by atoms with Crippen molar-refractivity contribution < 1.29 is 24.5 Å². The molecule has 1 atom stereocenters. The number of pyridine rings is 1. The van der Waals surface area contributed by atoms with Gasteiger partial charge in [-0.3, -0.25) is 19.6 Å². The Morgan fingerprint density at radius 2 is 2.16 bits per heavy atom. The van der Waals surface area contributed by atoms with E-state index in [1.54, 1.807) is 24.4 Å². The van der Waals surface area contributed by atoms with Crippen molar-refractivity contribution in [2.45, 2.75) is 24.9 Å². The van der Waals surface area contributed by atoms with Crippen molar-refractivity contribution in [1.82, 2.24) is 10.3 Å². The Morgan fingerprint density at radius 3 is 2.77 bits per heavy atom. The van der Waals surface area contributed by atoms with Gasteiger partial charge in [0.2, 0.25) is 5.60 Å². The summed E-state index contributed by atoms with van der Waals surface area (Å²) in [5.41, 5.74) is -1.58. The molecule has 1 saturated carbocycles. The van der Waals surface area contributed by atoms with Crippen LogP contribution in [0.4, 0.5) is 0 Å². The number of carboxylic acid groups (broad SMARTS) is 1. The standard InChI is InChI=1S/C22H20N4O5/c23-12-22(31-15-3-1-8-24-11-15)7-4-16-14(9-22)10-25-17(18(16)27)19(28)26-13-21(20(29)30)5-2-6-21/h1,3-4,7-9,11,27H,2,5-6,10,13H2,(H,26,28)(H,29,30). The van der Waals surface area contributed by atoms with Crippen molar-refractivity contribution in [3.8, 4) is 11.8 Å². The van der Waals surface area contributed by atoms with E-state index in [0.717, 1.165) is 6.42 Å². The maximum absolute atomic E-state index is 12.6. The fraction of sp³-hybridized carbons (Fsp3) is 0.318. The summed E-state index contributed by atoms with van der Waals surface area (Å²) < 4.78 is 5.79. The minimum Gasteiger partial charge on any atom is -0.505 e. The zero-order valence-corrected chi connectivity index (χ0v) is 16.5. The molecule has 3 aliphatic rings. The van der Waals surface area contributed by atoms with E-state index in [-0.39, 0.29) is 24.6 Å². The highest BCUT2D eigenvalue weighted by Gasteiger charge is 2.45. The van der Waals surface area contributed by atoms with E-state index in [2.05, 4.69) is 21.4 Å². The van der Waals surface area contributed by atoms with Crippen molar-refractivity contribution in [2.24, 2.45) is 10.4 Å². The third-order valence-corrected chi connectivity index (χ3v) is 5.78. The fourth-order valence-electron chi connectivity index (χ4n) is 3.77. The smallest absolute Gasteiger partial charge is 0.311 e. The second kappa shape index (κ2) is 7.72. The Balaban J connectivity index is 1.51. The monoisotopic (exact) mass is 420 g/mol. The molecule has 2 aliphatic carbocycles. The largest absolute Gasteiger partial charge is 0.505 e. The first-order valence-electron chi connectivity index (χ1n) is 9.79. The number of hydrogen-bond donors (Lipinski definition) is 3. The second-order valence-electron chi connectivity index (χ2n) is 7.75. The number of amides is 1. The van der Waals surface area contributed by atoms with Crippen LogP contribution >= 0.6 is 0 Å². The molecule has 9 heteroatoms. The van der Waals surface area contributed by atoms with E-state index in [0.29, 0.717) is 29.7 Å². The number of carbonyl (C=O) groups excluding carboxylic acids is 1. The molecule has 31 heavy (non-hydrogen) atoms. The highest BCUT2D eigenvalue weighted by Crippen LogP contribution is 2.40. The zero-order valence-electron chi connectivity index (χ0n) is 16.5. The topological polar surface area (TPSA) is 145 Å².